The van der Waals surface area contributed by atoms with E-state index in [-0.39, 0.29) is 31.5 Å². The lowest BCUT2D eigenvalue weighted by Gasteiger charge is -2.30. The van der Waals surface area contributed by atoms with E-state index in [2.05, 4.69) is 50.4 Å². The molecule has 10 heteroatoms. The molecule has 9 nitrogen and oxygen atoms in total. The van der Waals surface area contributed by atoms with Crippen LogP contribution in [0.15, 0.2) is 36.5 Å². The van der Waals surface area contributed by atoms with Crippen molar-refractivity contribution in [1.29, 1.82) is 0 Å². The van der Waals surface area contributed by atoms with E-state index in [9.17, 15) is 19.0 Å². The normalized spacial score (nSPS) is 13.8. The van der Waals surface area contributed by atoms with E-state index in [1.165, 1.54) is 231 Å². The van der Waals surface area contributed by atoms with Crippen LogP contribution in [0.4, 0.5) is 0 Å². The number of allylic oxidation sites excluding steroid dienone is 5. The second-order valence-electron chi connectivity index (χ2n) is 24.3. The zero-order chi connectivity index (χ0) is 57.2. The molecule has 1 amide bonds. The van der Waals surface area contributed by atoms with E-state index in [4.69, 9.17) is 13.8 Å². The van der Waals surface area contributed by atoms with Gasteiger partial charge < -0.3 is 28.5 Å². The number of nitrogens with one attached hydrogen (secondary N) is 1. The lowest BCUT2D eigenvalue weighted by atomic mass is 10.0. The van der Waals surface area contributed by atoms with Gasteiger partial charge in [0.1, 0.15) is 19.3 Å². The van der Waals surface area contributed by atoms with E-state index in [1.807, 2.05) is 33.3 Å². The minimum Gasteiger partial charge on any atom is -0.756 e. The van der Waals surface area contributed by atoms with Crippen LogP contribution in [0, 0.1) is 0 Å². The Bertz CT molecular complexity index is 1430. The van der Waals surface area contributed by atoms with Crippen molar-refractivity contribution in [2.24, 2.45) is 0 Å². The van der Waals surface area contributed by atoms with Crippen LogP contribution >= 0.6 is 7.82 Å². The van der Waals surface area contributed by atoms with Gasteiger partial charge in [-0.05, 0) is 83.1 Å². The Morgan fingerprint density at radius 1 is 0.436 bits per heavy atom. The van der Waals surface area contributed by atoms with Gasteiger partial charge in [0.15, 0.2) is 0 Å². The molecule has 0 aromatic carbocycles. The quantitative estimate of drug-likeness (QED) is 0.0212. The van der Waals surface area contributed by atoms with Crippen LogP contribution in [0.3, 0.4) is 0 Å². The van der Waals surface area contributed by atoms with Crippen LogP contribution < -0.4 is 10.2 Å². The number of carbonyl (C=O) groups excluding carboxylic acids is 2. The molecule has 0 aromatic rings. The maximum atomic E-state index is 13.5. The van der Waals surface area contributed by atoms with Crippen LogP contribution in [-0.4, -0.2) is 69.4 Å². The standard InChI is InChI=1S/C68H131N2O7P/c1-7-10-13-16-19-22-25-28-30-31-32-33-34-35-36-37-38-39-41-43-46-49-52-55-58-61-68(72)77-66(59-56-53-50-47-44-27-24-21-18-15-12-9-3)65(64-76-78(73,74)75-63-62-70(4,5)6)69-67(71)60-57-54-51-48-45-42-40-29-26-23-20-17-14-11-8-2/h23,26,28,30,56,59,65-66H,7-22,24-25,27,29,31-55,57-58,60-64H2,1-6H3,(H-,69,71,73,74)/b26-23-,30-28+,59-56-. The van der Waals surface area contributed by atoms with Crippen molar-refractivity contribution < 1.29 is 37.3 Å². The summed E-state index contributed by atoms with van der Waals surface area (Å²) in [6, 6.07) is -0.887. The van der Waals surface area contributed by atoms with Crippen LogP contribution in [0.2, 0.25) is 0 Å². The first kappa shape index (κ1) is 76.2. The number of carbonyl (C=O) groups is 2. The molecule has 0 fully saturated rings. The molecule has 78 heavy (non-hydrogen) atoms. The van der Waals surface area contributed by atoms with Crippen LogP contribution in [-0.2, 0) is 27.9 Å². The lowest BCUT2D eigenvalue weighted by Crippen LogP contribution is -2.47. The van der Waals surface area contributed by atoms with Gasteiger partial charge in [0.2, 0.25) is 5.91 Å². The van der Waals surface area contributed by atoms with Crippen molar-refractivity contribution in [1.82, 2.24) is 5.32 Å². The van der Waals surface area contributed by atoms with Gasteiger partial charge in [0.05, 0.1) is 33.8 Å². The van der Waals surface area contributed by atoms with E-state index < -0.39 is 20.0 Å². The summed E-state index contributed by atoms with van der Waals surface area (Å²) in [7, 11) is 1.20. The zero-order valence-electron chi connectivity index (χ0n) is 52.6. The number of amides is 1. The molecule has 0 aromatic heterocycles. The number of quaternary nitrogens is 1. The van der Waals surface area contributed by atoms with Gasteiger partial charge in [-0.15, -0.1) is 0 Å². The topological polar surface area (TPSA) is 114 Å². The van der Waals surface area contributed by atoms with Gasteiger partial charge >= 0.3 is 5.97 Å². The number of phosphoric ester groups is 1. The van der Waals surface area contributed by atoms with Gasteiger partial charge in [0.25, 0.3) is 7.82 Å². The number of likely N-dealkylation sites (N-methyl/N-ethyl adjacent to an activating group) is 1. The number of nitrogens with zero attached hydrogens (tertiary/aromatic N) is 1. The van der Waals surface area contributed by atoms with Crippen molar-refractivity contribution >= 4 is 19.7 Å². The van der Waals surface area contributed by atoms with Crippen LogP contribution in [0.5, 0.6) is 0 Å². The summed E-state index contributed by atoms with van der Waals surface area (Å²) in [5, 5.41) is 3.04. The molecule has 1 N–H and O–H groups in total. The number of unbranched alkanes of at least 4 members (excludes halogenated alkanes) is 42. The first-order valence-electron chi connectivity index (χ1n) is 33.8. The SMILES string of the molecule is CCCCCC/C=C\CCCCCCCCCC(=O)NC(COP(=O)([O-])OCC[N+](C)(C)C)C(/C=C\CCCCCCCCCCCC)OC(=O)CCCCCCCCCCCCCCCCC/C=C/CCCCCCCC. The monoisotopic (exact) mass is 1120 g/mol. The Hall–Kier alpha value is -1.77. The molecule has 0 saturated carbocycles. The summed E-state index contributed by atoms with van der Waals surface area (Å²) in [6.45, 7) is 6.86. The highest BCUT2D eigenvalue weighted by atomic mass is 31.2. The predicted octanol–water partition coefficient (Wildman–Crippen LogP) is 20.4. The third-order valence-electron chi connectivity index (χ3n) is 15.3. The van der Waals surface area contributed by atoms with Gasteiger partial charge in [-0.3, -0.25) is 14.2 Å². The molecule has 3 atom stereocenters. The molecular formula is C68H131N2O7P. The van der Waals surface area contributed by atoms with Crippen molar-refractivity contribution in [3.8, 4) is 0 Å². The minimum absolute atomic E-state index is 0.0208. The third kappa shape index (κ3) is 58.9. The molecule has 0 spiro atoms. The smallest absolute Gasteiger partial charge is 0.306 e. The number of hydrogen-bond acceptors (Lipinski definition) is 7. The number of rotatable bonds is 62. The maximum Gasteiger partial charge on any atom is 0.306 e. The Labute approximate surface area is 485 Å². The molecule has 0 aliphatic heterocycles. The third-order valence-corrected chi connectivity index (χ3v) is 16.3. The summed E-state index contributed by atoms with van der Waals surface area (Å²) < 4.78 is 30.4. The molecule has 0 saturated heterocycles. The Morgan fingerprint density at radius 3 is 1.10 bits per heavy atom. The van der Waals surface area contributed by atoms with Crippen molar-refractivity contribution in [3.05, 3.63) is 36.5 Å². The fourth-order valence-corrected chi connectivity index (χ4v) is 10.8. The molecule has 0 radical (unpaired) electrons. The summed E-state index contributed by atoms with van der Waals surface area (Å²) in [6.07, 6.45) is 71.2. The number of hydrogen-bond donors (Lipinski definition) is 1. The molecule has 460 valence electrons. The van der Waals surface area contributed by atoms with Gasteiger partial charge in [-0.1, -0.05) is 276 Å². The van der Waals surface area contributed by atoms with Crippen LogP contribution in [0.25, 0.3) is 0 Å². The average molecular weight is 1120 g/mol. The summed E-state index contributed by atoms with van der Waals surface area (Å²) in [4.78, 5) is 40.0. The van der Waals surface area contributed by atoms with E-state index in [1.54, 1.807) is 0 Å². The Kier molecular flexibility index (Phi) is 57.1. The van der Waals surface area contributed by atoms with E-state index in [0.717, 1.165) is 70.6 Å². The second kappa shape index (κ2) is 58.4. The number of ether oxygens (including phenoxy) is 1. The largest absolute Gasteiger partial charge is 0.756 e. The van der Waals surface area contributed by atoms with Crippen molar-refractivity contribution in [3.63, 3.8) is 0 Å². The molecule has 3 unspecified atom stereocenters. The maximum absolute atomic E-state index is 13.5. The predicted molar refractivity (Wildman–Crippen MR) is 335 cm³/mol. The molecule has 0 rings (SSSR count). The van der Waals surface area contributed by atoms with Gasteiger partial charge in [-0.2, -0.15) is 0 Å². The Morgan fingerprint density at radius 2 is 0.744 bits per heavy atom. The first-order chi connectivity index (χ1) is 37.9. The highest BCUT2D eigenvalue weighted by Gasteiger charge is 2.27. The van der Waals surface area contributed by atoms with E-state index in [0.29, 0.717) is 17.4 Å². The zero-order valence-corrected chi connectivity index (χ0v) is 53.5. The summed E-state index contributed by atoms with van der Waals surface area (Å²) in [5.74, 6) is -0.531. The van der Waals surface area contributed by atoms with E-state index >= 15 is 0 Å². The molecule has 0 heterocycles. The lowest BCUT2D eigenvalue weighted by molar-refractivity contribution is -0.870. The molecule has 0 aliphatic carbocycles. The summed E-state index contributed by atoms with van der Waals surface area (Å²) in [5.41, 5.74) is 0. The van der Waals surface area contributed by atoms with Gasteiger partial charge in [-0.25, -0.2) is 0 Å². The highest BCUT2D eigenvalue weighted by molar-refractivity contribution is 7.45. The van der Waals surface area contributed by atoms with Crippen molar-refractivity contribution in [2.75, 3.05) is 40.9 Å². The molecular weight excluding hydrogens is 988 g/mol. The van der Waals surface area contributed by atoms with Gasteiger partial charge in [0, 0.05) is 12.8 Å². The number of esters is 1. The minimum atomic E-state index is -4.70. The van der Waals surface area contributed by atoms with Crippen LogP contribution in [0.1, 0.15) is 335 Å². The average Bonchev–Trinajstić information content (AvgIpc) is 3.40. The summed E-state index contributed by atoms with van der Waals surface area (Å²) >= 11 is 0. The molecule has 0 bridgehead atoms. The Balaban J connectivity index is 5.05. The van der Waals surface area contributed by atoms with Crippen molar-refractivity contribution in [2.45, 2.75) is 348 Å². The fourth-order valence-electron chi connectivity index (χ4n) is 10.0. The fraction of sp³-hybridized carbons (Fsp3) is 0.882. The molecule has 0 aliphatic rings. The number of phosphoric acid groups is 1. The first-order valence-corrected chi connectivity index (χ1v) is 35.3. The highest BCUT2D eigenvalue weighted by Crippen LogP contribution is 2.38. The second-order valence-corrected chi connectivity index (χ2v) is 25.7.